The number of hydrogen-bond donors (Lipinski definition) is 1. The summed E-state index contributed by atoms with van der Waals surface area (Å²) in [5, 5.41) is 3.48. The second-order valence-electron chi connectivity index (χ2n) is 7.09. The number of furan rings is 1. The molecule has 0 saturated carbocycles. The summed E-state index contributed by atoms with van der Waals surface area (Å²) < 4.78 is 32.2. The zero-order chi connectivity index (χ0) is 21.9. The predicted molar refractivity (Wildman–Crippen MR) is 116 cm³/mol. The van der Waals surface area contributed by atoms with Crippen molar-refractivity contribution in [1.82, 2.24) is 9.62 Å². The minimum atomic E-state index is -3.66. The largest absolute Gasteiger partial charge is 0.455 e. The molecule has 158 valence electrons. The van der Waals surface area contributed by atoms with Crippen LogP contribution in [0.5, 0.6) is 0 Å². The van der Waals surface area contributed by atoms with Crippen LogP contribution in [-0.2, 0) is 16.6 Å². The first-order chi connectivity index (χ1) is 14.2. The van der Waals surface area contributed by atoms with Crippen molar-refractivity contribution in [3.05, 3.63) is 88.3 Å². The van der Waals surface area contributed by atoms with E-state index in [0.717, 1.165) is 11.1 Å². The van der Waals surface area contributed by atoms with Crippen LogP contribution in [0.15, 0.2) is 70.0 Å². The van der Waals surface area contributed by atoms with Gasteiger partial charge in [-0.1, -0.05) is 41.4 Å². The van der Waals surface area contributed by atoms with E-state index >= 15 is 0 Å². The Labute approximate surface area is 181 Å². The maximum atomic E-state index is 12.7. The predicted octanol–water partition coefficient (Wildman–Crippen LogP) is 4.55. The van der Waals surface area contributed by atoms with Crippen molar-refractivity contribution in [2.75, 3.05) is 7.05 Å². The zero-order valence-corrected chi connectivity index (χ0v) is 18.5. The van der Waals surface area contributed by atoms with Crippen molar-refractivity contribution in [2.24, 2.45) is 0 Å². The fourth-order valence-corrected chi connectivity index (χ4v) is 4.15. The molecular formula is C22H23ClN2O4S. The van der Waals surface area contributed by atoms with Crippen LogP contribution in [-0.4, -0.2) is 25.7 Å². The molecule has 6 nitrogen and oxygen atoms in total. The molecule has 3 aromatic rings. The first-order valence-corrected chi connectivity index (χ1v) is 11.2. The van der Waals surface area contributed by atoms with Crippen LogP contribution in [0.1, 0.15) is 40.4 Å². The van der Waals surface area contributed by atoms with Crippen molar-refractivity contribution in [3.63, 3.8) is 0 Å². The van der Waals surface area contributed by atoms with Gasteiger partial charge in [0, 0.05) is 12.1 Å². The second-order valence-corrected chi connectivity index (χ2v) is 9.57. The van der Waals surface area contributed by atoms with Gasteiger partial charge in [0.25, 0.3) is 5.91 Å². The number of aryl methyl sites for hydroxylation is 1. The van der Waals surface area contributed by atoms with Gasteiger partial charge in [-0.15, -0.1) is 0 Å². The topological polar surface area (TPSA) is 79.6 Å². The van der Waals surface area contributed by atoms with Gasteiger partial charge in [0.2, 0.25) is 10.0 Å². The number of benzene rings is 2. The molecule has 1 heterocycles. The molecule has 0 unspecified atom stereocenters. The maximum absolute atomic E-state index is 12.7. The third-order valence-corrected chi connectivity index (χ3v) is 6.78. The van der Waals surface area contributed by atoms with Gasteiger partial charge < -0.3 is 9.73 Å². The van der Waals surface area contributed by atoms with Crippen LogP contribution in [0.4, 0.5) is 0 Å². The van der Waals surface area contributed by atoms with Crippen molar-refractivity contribution in [2.45, 2.75) is 31.3 Å². The summed E-state index contributed by atoms with van der Waals surface area (Å²) in [4.78, 5) is 12.7. The van der Waals surface area contributed by atoms with Crippen LogP contribution in [0.2, 0.25) is 5.02 Å². The van der Waals surface area contributed by atoms with Gasteiger partial charge in [0.1, 0.15) is 5.76 Å². The minimum Gasteiger partial charge on any atom is -0.455 e. The smallest absolute Gasteiger partial charge is 0.287 e. The Balaban J connectivity index is 1.66. The van der Waals surface area contributed by atoms with E-state index in [1.807, 2.05) is 26.0 Å². The lowest BCUT2D eigenvalue weighted by molar-refractivity contribution is 0.0909. The van der Waals surface area contributed by atoms with Gasteiger partial charge >= 0.3 is 0 Å². The Morgan fingerprint density at radius 2 is 1.70 bits per heavy atom. The summed E-state index contributed by atoms with van der Waals surface area (Å²) in [6.45, 7) is 3.76. The summed E-state index contributed by atoms with van der Waals surface area (Å²) in [6, 6.07) is 16.7. The fraction of sp³-hybridized carbons (Fsp3) is 0.227. The maximum Gasteiger partial charge on any atom is 0.287 e. The van der Waals surface area contributed by atoms with E-state index < -0.39 is 10.0 Å². The Hall–Kier alpha value is -2.61. The highest BCUT2D eigenvalue weighted by Crippen LogP contribution is 2.20. The molecular weight excluding hydrogens is 424 g/mol. The number of amides is 1. The molecule has 0 fully saturated rings. The molecule has 0 radical (unpaired) electrons. The van der Waals surface area contributed by atoms with E-state index in [9.17, 15) is 13.2 Å². The van der Waals surface area contributed by atoms with E-state index in [1.54, 1.807) is 42.5 Å². The molecule has 0 aliphatic carbocycles. The summed E-state index contributed by atoms with van der Waals surface area (Å²) in [5.41, 5.74) is 1.88. The molecule has 30 heavy (non-hydrogen) atoms. The number of carbonyl (C=O) groups is 1. The first kappa shape index (κ1) is 22.1. The lowest BCUT2D eigenvalue weighted by Gasteiger charge is -2.16. The molecule has 0 spiro atoms. The van der Waals surface area contributed by atoms with E-state index in [0.29, 0.717) is 10.8 Å². The number of halogens is 1. The number of hydrogen-bond acceptors (Lipinski definition) is 4. The van der Waals surface area contributed by atoms with Gasteiger partial charge in [-0.05, 0) is 55.8 Å². The SMILES string of the molecule is Cc1ccc(S(=O)(=O)N(C)Cc2ccc(C(=O)N[C@H](C)c3ccc(Cl)cc3)o2)cc1. The highest BCUT2D eigenvalue weighted by Gasteiger charge is 2.23. The monoisotopic (exact) mass is 446 g/mol. The Bertz CT molecular complexity index is 1120. The first-order valence-electron chi connectivity index (χ1n) is 9.35. The molecule has 8 heteroatoms. The molecule has 1 atom stereocenters. The van der Waals surface area contributed by atoms with Crippen LogP contribution >= 0.6 is 11.6 Å². The van der Waals surface area contributed by atoms with Gasteiger partial charge in [0.05, 0.1) is 17.5 Å². The molecule has 1 aromatic heterocycles. The van der Waals surface area contributed by atoms with Gasteiger partial charge in [0.15, 0.2) is 5.76 Å². The number of nitrogens with zero attached hydrogens (tertiary/aromatic N) is 1. The molecule has 1 N–H and O–H groups in total. The summed E-state index contributed by atoms with van der Waals surface area (Å²) in [7, 11) is -2.19. The van der Waals surface area contributed by atoms with Gasteiger partial charge in [-0.2, -0.15) is 4.31 Å². The molecule has 0 aliphatic heterocycles. The van der Waals surface area contributed by atoms with E-state index in [1.165, 1.54) is 17.4 Å². The van der Waals surface area contributed by atoms with Crippen LogP contribution in [0.25, 0.3) is 0 Å². The lowest BCUT2D eigenvalue weighted by Crippen LogP contribution is -2.27. The quantitative estimate of drug-likeness (QED) is 0.577. The van der Waals surface area contributed by atoms with Crippen molar-refractivity contribution in [1.29, 1.82) is 0 Å². The molecule has 0 bridgehead atoms. The standard InChI is InChI=1S/C22H23ClN2O4S/c1-15-4-11-20(12-5-15)30(27,28)25(3)14-19-10-13-21(29-19)22(26)24-16(2)17-6-8-18(23)9-7-17/h4-13,16H,14H2,1-3H3,(H,24,26)/t16-/m1/s1. The Morgan fingerprint density at radius 3 is 2.33 bits per heavy atom. The second kappa shape index (κ2) is 9.04. The summed E-state index contributed by atoms with van der Waals surface area (Å²) in [5.74, 6) is 0.108. The third-order valence-electron chi connectivity index (χ3n) is 4.71. The van der Waals surface area contributed by atoms with Crippen LogP contribution < -0.4 is 5.32 Å². The van der Waals surface area contributed by atoms with Gasteiger partial charge in [-0.25, -0.2) is 8.42 Å². The molecule has 0 saturated heterocycles. The number of carbonyl (C=O) groups excluding carboxylic acids is 1. The van der Waals surface area contributed by atoms with Crippen LogP contribution in [0.3, 0.4) is 0 Å². The minimum absolute atomic E-state index is 0.0101. The number of rotatable bonds is 7. The third kappa shape index (κ3) is 5.11. The molecule has 1 amide bonds. The lowest BCUT2D eigenvalue weighted by atomic mass is 10.1. The van der Waals surface area contributed by atoms with E-state index in [4.69, 9.17) is 16.0 Å². The number of sulfonamides is 1. The zero-order valence-electron chi connectivity index (χ0n) is 16.9. The number of nitrogens with one attached hydrogen (secondary N) is 1. The van der Waals surface area contributed by atoms with Gasteiger partial charge in [-0.3, -0.25) is 4.79 Å². The van der Waals surface area contributed by atoms with Crippen molar-refractivity contribution in [3.8, 4) is 0 Å². The van der Waals surface area contributed by atoms with Crippen LogP contribution in [0, 0.1) is 6.92 Å². The molecule has 0 aliphatic rings. The van der Waals surface area contributed by atoms with E-state index in [2.05, 4.69) is 5.32 Å². The highest BCUT2D eigenvalue weighted by atomic mass is 35.5. The molecule has 2 aromatic carbocycles. The van der Waals surface area contributed by atoms with Crippen molar-refractivity contribution >= 4 is 27.5 Å². The van der Waals surface area contributed by atoms with E-state index in [-0.39, 0.29) is 29.1 Å². The van der Waals surface area contributed by atoms with Crippen molar-refractivity contribution < 1.29 is 17.6 Å². The normalized spacial score (nSPS) is 12.7. The average Bonchev–Trinajstić information content (AvgIpc) is 3.17. The summed E-state index contributed by atoms with van der Waals surface area (Å²) >= 11 is 5.89. The highest BCUT2D eigenvalue weighted by molar-refractivity contribution is 7.89. The Kier molecular flexibility index (Phi) is 6.65. The summed E-state index contributed by atoms with van der Waals surface area (Å²) in [6.07, 6.45) is 0. The fourth-order valence-electron chi connectivity index (χ4n) is 2.88. The molecule has 3 rings (SSSR count). The Morgan fingerprint density at radius 1 is 1.07 bits per heavy atom. The average molecular weight is 447 g/mol.